The summed E-state index contributed by atoms with van der Waals surface area (Å²) in [5.41, 5.74) is 5.01. The monoisotopic (exact) mass is 359 g/mol. The first-order valence-corrected chi connectivity index (χ1v) is 7.78. The Bertz CT molecular complexity index is 826. The molecule has 2 amide bonds. The number of anilines is 1. The van der Waals surface area contributed by atoms with Crippen molar-refractivity contribution in [1.82, 2.24) is 5.43 Å². The van der Waals surface area contributed by atoms with Crippen LogP contribution in [0.15, 0.2) is 46.0 Å². The van der Waals surface area contributed by atoms with Gasteiger partial charge in [-0.15, -0.1) is 15.4 Å². The Balaban J connectivity index is 0.00000117. The highest BCUT2D eigenvalue weighted by Crippen LogP contribution is 2.19. The van der Waals surface area contributed by atoms with Crippen molar-refractivity contribution in [3.8, 4) is 0 Å². The summed E-state index contributed by atoms with van der Waals surface area (Å²) < 4.78 is 4.96. The van der Waals surface area contributed by atoms with Gasteiger partial charge >= 0.3 is 0 Å². The van der Waals surface area contributed by atoms with Crippen LogP contribution in [0.2, 0.25) is 0 Å². The number of benzene rings is 1. The molecule has 0 fully saturated rings. The summed E-state index contributed by atoms with van der Waals surface area (Å²) in [6, 6.07) is 9.87. The van der Waals surface area contributed by atoms with Gasteiger partial charge in [0, 0.05) is 36.0 Å². The van der Waals surface area contributed by atoms with E-state index in [0.29, 0.717) is 12.1 Å². The quantitative estimate of drug-likeness (QED) is 0.589. The molecule has 2 heterocycles. The topological polar surface area (TPSA) is 135 Å². The summed E-state index contributed by atoms with van der Waals surface area (Å²) in [4.78, 5) is 33.6. The van der Waals surface area contributed by atoms with Gasteiger partial charge in [0.2, 0.25) is 5.71 Å². The smallest absolute Gasteiger partial charge is 0.291 e. The minimum absolute atomic E-state index is 0.00772. The lowest BCUT2D eigenvalue weighted by Crippen LogP contribution is -2.87. The third kappa shape index (κ3) is 4.39. The number of hydrogen-bond acceptors (Lipinski definition) is 6. The van der Waals surface area contributed by atoms with Gasteiger partial charge in [-0.25, -0.2) is 0 Å². The third-order valence-corrected chi connectivity index (χ3v) is 3.68. The molecule has 1 atom stereocenters. The van der Waals surface area contributed by atoms with Crippen LogP contribution < -0.4 is 15.8 Å². The van der Waals surface area contributed by atoms with Crippen molar-refractivity contribution in [2.75, 3.05) is 12.4 Å². The number of aliphatic hydroxyl groups excluding tert-OH is 1. The second-order valence-electron chi connectivity index (χ2n) is 5.45. The predicted octanol–water partition coefficient (Wildman–Crippen LogP) is 0.479. The Labute approximate surface area is 149 Å². The van der Waals surface area contributed by atoms with Gasteiger partial charge in [-0.2, -0.15) is 0 Å². The fourth-order valence-electron chi connectivity index (χ4n) is 2.47. The molecule has 9 heteroatoms. The molecule has 1 unspecified atom stereocenters. The van der Waals surface area contributed by atoms with Crippen LogP contribution >= 0.6 is 0 Å². The van der Waals surface area contributed by atoms with E-state index in [4.69, 9.17) is 9.52 Å². The fourth-order valence-corrected chi connectivity index (χ4v) is 2.47. The van der Waals surface area contributed by atoms with Crippen LogP contribution in [0.4, 0.5) is 11.6 Å². The van der Waals surface area contributed by atoms with E-state index in [1.165, 1.54) is 12.1 Å². The molecule has 1 aromatic heterocycles. The molecule has 1 aliphatic heterocycles. The van der Waals surface area contributed by atoms with Crippen molar-refractivity contribution in [3.05, 3.63) is 52.6 Å². The molecule has 0 bridgehead atoms. The van der Waals surface area contributed by atoms with E-state index in [-0.39, 0.29) is 23.5 Å². The minimum atomic E-state index is -0.471. The number of hydrogen-bond donors (Lipinski definition) is 4. The molecular weight excluding hydrogens is 340 g/mol. The van der Waals surface area contributed by atoms with Crippen molar-refractivity contribution < 1.29 is 24.2 Å². The molecule has 1 aliphatic rings. The summed E-state index contributed by atoms with van der Waals surface area (Å²) >= 11 is 0. The molecule has 4 N–H and O–H groups in total. The first kappa shape index (κ1) is 19.0. The Morgan fingerprint density at radius 1 is 1.27 bits per heavy atom. The second kappa shape index (κ2) is 8.67. The third-order valence-electron chi connectivity index (χ3n) is 3.68. The number of rotatable bonds is 4. The number of carbonyl (C=O) groups is 2. The number of amides is 2. The van der Waals surface area contributed by atoms with Crippen molar-refractivity contribution in [1.29, 1.82) is 0 Å². The summed E-state index contributed by atoms with van der Waals surface area (Å²) in [6.07, 6.45) is 0.423. The van der Waals surface area contributed by atoms with Crippen LogP contribution in [-0.2, 0) is 4.79 Å². The van der Waals surface area contributed by atoms with Crippen LogP contribution in [0.25, 0.3) is 0 Å². The lowest BCUT2D eigenvalue weighted by molar-refractivity contribution is -0.516. The zero-order valence-corrected chi connectivity index (χ0v) is 14.3. The van der Waals surface area contributed by atoms with E-state index in [0.717, 1.165) is 18.4 Å². The van der Waals surface area contributed by atoms with Gasteiger partial charge in [-0.1, -0.05) is 6.92 Å². The molecule has 0 aliphatic carbocycles. The molecule has 0 saturated heterocycles. The summed E-state index contributed by atoms with van der Waals surface area (Å²) in [6.45, 7) is 1.96. The first-order valence-electron chi connectivity index (χ1n) is 7.78. The first-order chi connectivity index (χ1) is 12.6. The maximum absolute atomic E-state index is 12.0. The van der Waals surface area contributed by atoms with Crippen molar-refractivity contribution >= 4 is 29.1 Å². The standard InChI is InChI=1S/C16H14N4O4.CH4O/c1-9-8-13(21)18-19-15(9)10-2-4-11(5-3-10)17-16(22)12-6-7-14(20-23)24-12;1-2/h2-7,9H,8H2,1H3,(H,17,22)(H,18,21);2H,1H3/p+1. The SMILES string of the molecule is CC1CC(=O)N[NH+]=C1c1ccc(NC(=O)c2ccc(N=O)o2)cc1.CO. The van der Waals surface area contributed by atoms with Crippen molar-refractivity contribution in [2.24, 2.45) is 11.1 Å². The van der Waals surface area contributed by atoms with E-state index >= 15 is 0 Å². The summed E-state index contributed by atoms with van der Waals surface area (Å²) in [7, 11) is 1.00. The van der Waals surface area contributed by atoms with Gasteiger partial charge in [0.05, 0.1) is 5.92 Å². The molecule has 26 heavy (non-hydrogen) atoms. The number of hydrazine groups is 1. The highest BCUT2D eigenvalue weighted by Gasteiger charge is 2.27. The highest BCUT2D eigenvalue weighted by atomic mass is 16.4. The predicted molar refractivity (Wildman–Crippen MR) is 93.7 cm³/mol. The van der Waals surface area contributed by atoms with Gasteiger partial charge < -0.3 is 14.8 Å². The molecule has 0 spiro atoms. The van der Waals surface area contributed by atoms with E-state index in [1.807, 2.05) is 19.1 Å². The molecule has 0 saturated carbocycles. The Kier molecular flexibility index (Phi) is 6.34. The summed E-state index contributed by atoms with van der Waals surface area (Å²) in [5, 5.41) is 15.2. The number of furan rings is 1. The normalized spacial score (nSPS) is 15.9. The number of carbonyl (C=O) groups excluding carboxylic acids is 2. The van der Waals surface area contributed by atoms with Crippen LogP contribution in [0.5, 0.6) is 0 Å². The molecule has 1 aromatic carbocycles. The largest absolute Gasteiger partial charge is 0.430 e. The van der Waals surface area contributed by atoms with Gasteiger partial charge in [-0.3, -0.25) is 9.59 Å². The zero-order chi connectivity index (χ0) is 19.1. The Hall–Kier alpha value is -3.33. The number of hydrazone groups is 1. The second-order valence-corrected chi connectivity index (χ2v) is 5.45. The van der Waals surface area contributed by atoms with Crippen LogP contribution in [0.3, 0.4) is 0 Å². The lowest BCUT2D eigenvalue weighted by Gasteiger charge is -2.13. The zero-order valence-electron chi connectivity index (χ0n) is 14.3. The molecule has 0 radical (unpaired) electrons. The van der Waals surface area contributed by atoms with E-state index < -0.39 is 5.91 Å². The Morgan fingerprint density at radius 2 is 1.96 bits per heavy atom. The fraction of sp³-hybridized carbons (Fsp3) is 0.235. The van der Waals surface area contributed by atoms with Crippen molar-refractivity contribution in [3.63, 3.8) is 0 Å². The van der Waals surface area contributed by atoms with Crippen LogP contribution in [0, 0.1) is 10.8 Å². The molecular formula is C17H19N4O5+. The maximum atomic E-state index is 12.0. The Morgan fingerprint density at radius 3 is 2.54 bits per heavy atom. The van der Waals surface area contributed by atoms with Crippen molar-refractivity contribution in [2.45, 2.75) is 13.3 Å². The number of nitroso groups, excluding NO2 is 1. The average Bonchev–Trinajstić information content (AvgIpc) is 3.14. The lowest BCUT2D eigenvalue weighted by atomic mass is 9.94. The van der Waals surface area contributed by atoms with Gasteiger partial charge in [-0.05, 0) is 30.3 Å². The minimum Gasteiger partial charge on any atom is -0.430 e. The summed E-state index contributed by atoms with van der Waals surface area (Å²) in [5.74, 6) is -0.573. The molecule has 136 valence electrons. The molecule has 2 aromatic rings. The highest BCUT2D eigenvalue weighted by molar-refractivity contribution is 6.04. The van der Waals surface area contributed by atoms with Crippen LogP contribution in [0.1, 0.15) is 29.5 Å². The van der Waals surface area contributed by atoms with Gasteiger partial charge in [0.1, 0.15) is 0 Å². The molecule has 9 nitrogen and oxygen atoms in total. The average molecular weight is 359 g/mol. The van der Waals surface area contributed by atoms with Gasteiger partial charge in [0.15, 0.2) is 5.76 Å². The maximum Gasteiger partial charge on any atom is 0.291 e. The number of nitrogens with zero attached hydrogens (tertiary/aromatic N) is 1. The number of nitrogens with one attached hydrogen (secondary N) is 3. The van der Waals surface area contributed by atoms with E-state index in [9.17, 15) is 14.5 Å². The van der Waals surface area contributed by atoms with Gasteiger partial charge in [0.25, 0.3) is 17.7 Å². The van der Waals surface area contributed by atoms with E-state index in [2.05, 4.69) is 21.0 Å². The molecule has 3 rings (SSSR count). The van der Waals surface area contributed by atoms with E-state index in [1.54, 1.807) is 12.1 Å². The van der Waals surface area contributed by atoms with Crippen LogP contribution in [-0.4, -0.2) is 29.7 Å². The number of aliphatic hydroxyl groups is 1.